The summed E-state index contributed by atoms with van der Waals surface area (Å²) in [5, 5.41) is 8.98. The van der Waals surface area contributed by atoms with Gasteiger partial charge in [0.05, 0.1) is 22.5 Å². The maximum Gasteiger partial charge on any atom is 0.0890 e. The van der Waals surface area contributed by atoms with Gasteiger partial charge in [-0.1, -0.05) is 18.7 Å². The van der Waals surface area contributed by atoms with Crippen molar-refractivity contribution in [3.63, 3.8) is 0 Å². The normalized spacial score (nSPS) is 10.4. The Hall–Kier alpha value is -1.90. The van der Waals surface area contributed by atoms with Crippen LogP contribution in [-0.2, 0) is 6.42 Å². The third kappa shape index (κ3) is 2.31. The van der Waals surface area contributed by atoms with E-state index < -0.39 is 0 Å². The van der Waals surface area contributed by atoms with E-state index in [9.17, 15) is 0 Å². The molecule has 0 atom stereocenters. The second-order valence-electron chi connectivity index (χ2n) is 3.42. The second-order valence-corrected chi connectivity index (χ2v) is 3.42. The van der Waals surface area contributed by atoms with E-state index >= 15 is 0 Å². The lowest BCUT2D eigenvalue weighted by molar-refractivity contribution is 0.391. The maximum atomic E-state index is 8.98. The zero-order valence-electron chi connectivity index (χ0n) is 8.35. The first kappa shape index (κ1) is 9.65. The highest BCUT2D eigenvalue weighted by atomic mass is 16.3. The molecule has 0 saturated heterocycles. The Morgan fingerprint density at radius 1 is 1.27 bits per heavy atom. The topological polar surface area (TPSA) is 46.0 Å². The van der Waals surface area contributed by atoms with Crippen molar-refractivity contribution < 1.29 is 5.11 Å². The molecular weight excluding hydrogens is 188 g/mol. The van der Waals surface area contributed by atoms with Gasteiger partial charge in [-0.2, -0.15) is 0 Å². The van der Waals surface area contributed by atoms with Gasteiger partial charge in [-0.25, -0.2) is 4.98 Å². The fourth-order valence-corrected chi connectivity index (χ4v) is 1.39. The lowest BCUT2D eigenvalue weighted by Crippen LogP contribution is -1.94. The Morgan fingerprint density at radius 2 is 2.00 bits per heavy atom. The molecule has 0 aliphatic heterocycles. The maximum absolute atomic E-state index is 8.98. The highest BCUT2D eigenvalue weighted by Crippen LogP contribution is 2.10. The third-order valence-electron chi connectivity index (χ3n) is 2.17. The van der Waals surface area contributed by atoms with Gasteiger partial charge in [0.15, 0.2) is 0 Å². The fourth-order valence-electron chi connectivity index (χ4n) is 1.39. The van der Waals surface area contributed by atoms with Gasteiger partial charge in [0.25, 0.3) is 0 Å². The number of aryl methyl sites for hydroxylation is 1. The first-order chi connectivity index (χ1) is 7.25. The zero-order valence-corrected chi connectivity index (χ0v) is 8.35. The van der Waals surface area contributed by atoms with Gasteiger partial charge in [0, 0.05) is 12.6 Å². The molecule has 1 heterocycles. The lowest BCUT2D eigenvalue weighted by Gasteiger charge is -2.01. The number of benzene rings is 1. The molecule has 1 N–H and O–H groups in total. The Balaban J connectivity index is 2.26. The minimum atomic E-state index is 0.185. The van der Waals surface area contributed by atoms with Crippen molar-refractivity contribution >= 4 is 11.0 Å². The van der Waals surface area contributed by atoms with Crippen LogP contribution in [0.3, 0.4) is 0 Å². The molecule has 0 radical (unpaired) electrons. The average Bonchev–Trinajstić information content (AvgIpc) is 2.26. The Kier molecular flexibility index (Phi) is 2.63. The Bertz CT molecular complexity index is 494. The number of hydrogen-bond acceptors (Lipinski definition) is 3. The summed E-state index contributed by atoms with van der Waals surface area (Å²) in [6, 6.07) is 7.73. The third-order valence-corrected chi connectivity index (χ3v) is 2.17. The van der Waals surface area contributed by atoms with Crippen molar-refractivity contribution in [2.24, 2.45) is 0 Å². The van der Waals surface area contributed by atoms with E-state index in [2.05, 4.69) is 16.5 Å². The first-order valence-electron chi connectivity index (χ1n) is 4.83. The number of hydrogen-bond donors (Lipinski definition) is 1. The van der Waals surface area contributed by atoms with E-state index in [1.54, 1.807) is 6.20 Å². The highest BCUT2D eigenvalue weighted by molar-refractivity contribution is 5.73. The quantitative estimate of drug-likeness (QED) is 0.775. The molecule has 0 aliphatic carbocycles. The van der Waals surface area contributed by atoms with E-state index in [-0.39, 0.29) is 5.76 Å². The fraction of sp³-hybridized carbons (Fsp3) is 0.167. The molecular formula is C12H12N2O. The number of aliphatic hydroxyl groups is 1. The molecule has 2 rings (SSSR count). The molecule has 1 aromatic heterocycles. The molecule has 15 heavy (non-hydrogen) atoms. The largest absolute Gasteiger partial charge is 0.513 e. The predicted molar refractivity (Wildman–Crippen MR) is 59.6 cm³/mol. The summed E-state index contributed by atoms with van der Waals surface area (Å²) >= 11 is 0. The molecule has 0 fully saturated rings. The minimum Gasteiger partial charge on any atom is -0.513 e. The van der Waals surface area contributed by atoms with Crippen LogP contribution in [0.1, 0.15) is 12.1 Å². The van der Waals surface area contributed by atoms with Crippen LogP contribution < -0.4 is 0 Å². The number of allylic oxidation sites excluding steroid dienone is 1. The van der Waals surface area contributed by atoms with Crippen LogP contribution in [0.25, 0.3) is 11.0 Å². The molecule has 3 heteroatoms. The number of nitrogens with zero attached hydrogens (tertiary/aromatic N) is 2. The Morgan fingerprint density at radius 3 is 2.73 bits per heavy atom. The molecule has 0 spiro atoms. The number of para-hydroxylation sites is 2. The summed E-state index contributed by atoms with van der Waals surface area (Å²) in [6.07, 6.45) is 2.95. The van der Waals surface area contributed by atoms with E-state index in [0.717, 1.165) is 16.7 Å². The average molecular weight is 200 g/mol. The van der Waals surface area contributed by atoms with Crippen molar-refractivity contribution in [2.45, 2.75) is 12.8 Å². The molecule has 0 amide bonds. The molecule has 0 aliphatic rings. The van der Waals surface area contributed by atoms with Crippen LogP contribution in [0.4, 0.5) is 0 Å². The van der Waals surface area contributed by atoms with Gasteiger partial charge >= 0.3 is 0 Å². The zero-order chi connectivity index (χ0) is 10.7. The first-order valence-corrected chi connectivity index (χ1v) is 4.83. The van der Waals surface area contributed by atoms with Crippen LogP contribution in [0.15, 0.2) is 42.8 Å². The van der Waals surface area contributed by atoms with Gasteiger partial charge in [0.1, 0.15) is 0 Å². The van der Waals surface area contributed by atoms with Crippen molar-refractivity contribution in [3.8, 4) is 0 Å². The number of rotatable bonds is 3. The van der Waals surface area contributed by atoms with Gasteiger partial charge in [-0.15, -0.1) is 0 Å². The summed E-state index contributed by atoms with van der Waals surface area (Å²) in [5.41, 5.74) is 2.66. The van der Waals surface area contributed by atoms with Crippen molar-refractivity contribution in [1.82, 2.24) is 9.97 Å². The molecule has 2 aromatic rings. The highest BCUT2D eigenvalue weighted by Gasteiger charge is 1.99. The predicted octanol–water partition coefficient (Wildman–Crippen LogP) is 2.63. The molecule has 3 nitrogen and oxygen atoms in total. The van der Waals surface area contributed by atoms with Crippen LogP contribution in [0.5, 0.6) is 0 Å². The molecule has 0 unspecified atom stereocenters. The molecule has 1 aromatic carbocycles. The van der Waals surface area contributed by atoms with Gasteiger partial charge in [-0.05, 0) is 18.6 Å². The molecule has 0 bridgehead atoms. The van der Waals surface area contributed by atoms with E-state index in [1.807, 2.05) is 24.3 Å². The SMILES string of the molecule is C=C(O)CCc1cnc2ccccc2n1. The summed E-state index contributed by atoms with van der Waals surface area (Å²) in [4.78, 5) is 8.72. The van der Waals surface area contributed by atoms with Crippen LogP contribution in [0.2, 0.25) is 0 Å². The van der Waals surface area contributed by atoms with Gasteiger partial charge < -0.3 is 5.11 Å². The van der Waals surface area contributed by atoms with Crippen LogP contribution >= 0.6 is 0 Å². The standard InChI is InChI=1S/C12H12N2O/c1-9(15)6-7-10-8-13-11-4-2-3-5-12(11)14-10/h2-5,8,15H,1,6-7H2. The smallest absolute Gasteiger partial charge is 0.0890 e. The Labute approximate surface area is 88.1 Å². The van der Waals surface area contributed by atoms with Crippen LogP contribution in [-0.4, -0.2) is 15.1 Å². The molecule has 76 valence electrons. The minimum absolute atomic E-state index is 0.185. The second kappa shape index (κ2) is 4.09. The lowest BCUT2D eigenvalue weighted by atomic mass is 10.2. The van der Waals surface area contributed by atoms with Gasteiger partial charge in [0.2, 0.25) is 0 Å². The summed E-state index contributed by atoms with van der Waals surface area (Å²) in [6.45, 7) is 3.44. The monoisotopic (exact) mass is 200 g/mol. The summed E-state index contributed by atoms with van der Waals surface area (Å²) < 4.78 is 0. The van der Waals surface area contributed by atoms with Crippen molar-refractivity contribution in [1.29, 1.82) is 0 Å². The number of aromatic nitrogens is 2. The van der Waals surface area contributed by atoms with E-state index in [4.69, 9.17) is 5.11 Å². The van der Waals surface area contributed by atoms with E-state index in [0.29, 0.717) is 12.8 Å². The van der Waals surface area contributed by atoms with E-state index in [1.165, 1.54) is 0 Å². The van der Waals surface area contributed by atoms with Crippen LogP contribution in [0, 0.1) is 0 Å². The summed E-state index contributed by atoms with van der Waals surface area (Å²) in [7, 11) is 0. The molecule has 0 saturated carbocycles. The number of fused-ring (bicyclic) bond motifs is 1. The van der Waals surface area contributed by atoms with Gasteiger partial charge in [-0.3, -0.25) is 4.98 Å². The summed E-state index contributed by atoms with van der Waals surface area (Å²) in [5.74, 6) is 0.185. The van der Waals surface area contributed by atoms with Crippen molar-refractivity contribution in [2.75, 3.05) is 0 Å². The van der Waals surface area contributed by atoms with Crippen molar-refractivity contribution in [3.05, 3.63) is 48.5 Å². The number of aliphatic hydroxyl groups excluding tert-OH is 1.